The van der Waals surface area contributed by atoms with Gasteiger partial charge in [-0.15, -0.1) is 0 Å². The van der Waals surface area contributed by atoms with Crippen LogP contribution in [-0.2, 0) is 0 Å². The normalized spacial score (nSPS) is 9.83. The first-order valence-corrected chi connectivity index (χ1v) is 3.69. The van der Waals surface area contributed by atoms with Gasteiger partial charge in [0.2, 0.25) is 0 Å². The van der Waals surface area contributed by atoms with Crippen LogP contribution in [0, 0.1) is 0 Å². The van der Waals surface area contributed by atoms with Crippen LogP contribution in [0.25, 0.3) is 0 Å². The SMILES string of the molecule is CN(CCN)C(=O)c1cnc[nH]1. The van der Waals surface area contributed by atoms with E-state index in [0.717, 1.165) is 0 Å². The maximum Gasteiger partial charge on any atom is 0.271 e. The molecule has 0 spiro atoms. The van der Waals surface area contributed by atoms with E-state index in [0.29, 0.717) is 18.8 Å². The molecule has 1 aromatic heterocycles. The fourth-order valence-corrected chi connectivity index (χ4v) is 0.874. The molecule has 5 nitrogen and oxygen atoms in total. The number of H-pyrrole nitrogens is 1. The molecule has 0 atom stereocenters. The highest BCUT2D eigenvalue weighted by Gasteiger charge is 2.10. The Morgan fingerprint density at radius 2 is 2.58 bits per heavy atom. The topological polar surface area (TPSA) is 75.0 Å². The van der Waals surface area contributed by atoms with Gasteiger partial charge in [-0.1, -0.05) is 0 Å². The molecular formula is C7H12N4O. The van der Waals surface area contributed by atoms with Crippen molar-refractivity contribution in [2.24, 2.45) is 5.73 Å². The molecule has 1 amide bonds. The van der Waals surface area contributed by atoms with Crippen LogP contribution in [-0.4, -0.2) is 40.9 Å². The third-order valence-electron chi connectivity index (χ3n) is 1.54. The van der Waals surface area contributed by atoms with E-state index < -0.39 is 0 Å². The molecule has 1 heterocycles. The predicted molar refractivity (Wildman–Crippen MR) is 44.6 cm³/mol. The van der Waals surface area contributed by atoms with Gasteiger partial charge in [0.1, 0.15) is 5.69 Å². The van der Waals surface area contributed by atoms with E-state index in [1.807, 2.05) is 0 Å². The first-order chi connectivity index (χ1) is 5.75. The summed E-state index contributed by atoms with van der Waals surface area (Å²) in [7, 11) is 1.70. The minimum absolute atomic E-state index is 0.0852. The lowest BCUT2D eigenvalue weighted by Gasteiger charge is -2.13. The molecule has 0 saturated heterocycles. The molecule has 12 heavy (non-hydrogen) atoms. The lowest BCUT2D eigenvalue weighted by Crippen LogP contribution is -2.31. The zero-order chi connectivity index (χ0) is 8.97. The van der Waals surface area contributed by atoms with E-state index in [4.69, 9.17) is 5.73 Å². The summed E-state index contributed by atoms with van der Waals surface area (Å²) in [6.45, 7) is 1.02. The van der Waals surface area contributed by atoms with Crippen LogP contribution in [0.3, 0.4) is 0 Å². The van der Waals surface area contributed by atoms with Crippen molar-refractivity contribution in [1.29, 1.82) is 0 Å². The van der Waals surface area contributed by atoms with Crippen molar-refractivity contribution in [1.82, 2.24) is 14.9 Å². The molecule has 1 rings (SSSR count). The number of amides is 1. The number of imidazole rings is 1. The number of nitrogens with one attached hydrogen (secondary N) is 1. The van der Waals surface area contributed by atoms with E-state index in [9.17, 15) is 4.79 Å². The van der Waals surface area contributed by atoms with Gasteiger partial charge in [0, 0.05) is 20.1 Å². The van der Waals surface area contributed by atoms with Crippen molar-refractivity contribution in [2.45, 2.75) is 0 Å². The van der Waals surface area contributed by atoms with Gasteiger partial charge in [-0.05, 0) is 0 Å². The van der Waals surface area contributed by atoms with Crippen LogP contribution < -0.4 is 5.73 Å². The van der Waals surface area contributed by atoms with Crippen molar-refractivity contribution in [3.05, 3.63) is 18.2 Å². The molecule has 1 aromatic rings. The molecule has 0 unspecified atom stereocenters. The Morgan fingerprint density at radius 3 is 3.08 bits per heavy atom. The summed E-state index contributed by atoms with van der Waals surface area (Å²) < 4.78 is 0. The summed E-state index contributed by atoms with van der Waals surface area (Å²) in [5, 5.41) is 0. The van der Waals surface area contributed by atoms with Gasteiger partial charge in [-0.25, -0.2) is 4.98 Å². The minimum atomic E-state index is -0.0852. The van der Waals surface area contributed by atoms with Gasteiger partial charge in [0.25, 0.3) is 5.91 Å². The Balaban J connectivity index is 2.59. The highest BCUT2D eigenvalue weighted by Crippen LogP contribution is 1.96. The first kappa shape index (κ1) is 8.73. The standard InChI is InChI=1S/C7H12N4O/c1-11(3-2-8)7(12)6-4-9-5-10-6/h4-5H,2-3,8H2,1H3,(H,9,10). The second-order valence-corrected chi connectivity index (χ2v) is 2.48. The maximum absolute atomic E-state index is 11.4. The van der Waals surface area contributed by atoms with Crippen molar-refractivity contribution < 1.29 is 4.79 Å². The van der Waals surface area contributed by atoms with Gasteiger partial charge in [-0.3, -0.25) is 4.79 Å². The van der Waals surface area contributed by atoms with Gasteiger partial charge < -0.3 is 15.6 Å². The van der Waals surface area contributed by atoms with Crippen molar-refractivity contribution in [3.63, 3.8) is 0 Å². The van der Waals surface area contributed by atoms with E-state index >= 15 is 0 Å². The second kappa shape index (κ2) is 3.87. The lowest BCUT2D eigenvalue weighted by molar-refractivity contribution is 0.0794. The average molecular weight is 168 g/mol. The number of carbonyl (C=O) groups excluding carboxylic acids is 1. The van der Waals surface area contributed by atoms with Gasteiger partial charge in [-0.2, -0.15) is 0 Å². The van der Waals surface area contributed by atoms with E-state index in [1.165, 1.54) is 12.5 Å². The average Bonchev–Trinajstić information content (AvgIpc) is 2.55. The van der Waals surface area contributed by atoms with E-state index in [2.05, 4.69) is 9.97 Å². The molecule has 0 saturated carbocycles. The molecular weight excluding hydrogens is 156 g/mol. The fourth-order valence-electron chi connectivity index (χ4n) is 0.874. The van der Waals surface area contributed by atoms with Crippen molar-refractivity contribution in [3.8, 4) is 0 Å². The number of nitrogens with zero attached hydrogens (tertiary/aromatic N) is 2. The molecule has 5 heteroatoms. The third kappa shape index (κ3) is 1.82. The number of hydrogen-bond acceptors (Lipinski definition) is 3. The molecule has 0 aliphatic carbocycles. The van der Waals surface area contributed by atoms with Gasteiger partial charge in [0.05, 0.1) is 12.5 Å². The summed E-state index contributed by atoms with van der Waals surface area (Å²) in [4.78, 5) is 19.4. The number of rotatable bonds is 3. The predicted octanol–water partition coefficient (Wildman–Crippen LogP) is -0.560. The molecule has 0 fully saturated rings. The van der Waals surface area contributed by atoms with E-state index in [-0.39, 0.29) is 5.91 Å². The largest absolute Gasteiger partial charge is 0.341 e. The Hall–Kier alpha value is -1.36. The Labute approximate surface area is 70.6 Å². The van der Waals surface area contributed by atoms with Crippen LogP contribution in [0.15, 0.2) is 12.5 Å². The fraction of sp³-hybridized carbons (Fsp3) is 0.429. The molecule has 66 valence electrons. The Kier molecular flexibility index (Phi) is 2.82. The number of nitrogens with two attached hydrogens (primary N) is 1. The summed E-state index contributed by atoms with van der Waals surface area (Å²) >= 11 is 0. The van der Waals surface area contributed by atoms with Crippen molar-refractivity contribution >= 4 is 5.91 Å². The molecule has 0 bridgehead atoms. The number of aromatic amines is 1. The van der Waals surface area contributed by atoms with Crippen LogP contribution in [0.5, 0.6) is 0 Å². The third-order valence-corrected chi connectivity index (χ3v) is 1.54. The summed E-state index contributed by atoms with van der Waals surface area (Å²) in [6.07, 6.45) is 2.97. The van der Waals surface area contributed by atoms with Gasteiger partial charge >= 0.3 is 0 Å². The molecule has 3 N–H and O–H groups in total. The molecule has 0 aliphatic heterocycles. The maximum atomic E-state index is 11.4. The zero-order valence-electron chi connectivity index (χ0n) is 6.95. The zero-order valence-corrected chi connectivity index (χ0v) is 6.95. The van der Waals surface area contributed by atoms with Crippen LogP contribution >= 0.6 is 0 Å². The quantitative estimate of drug-likeness (QED) is 0.635. The number of hydrogen-bond donors (Lipinski definition) is 2. The summed E-state index contributed by atoms with van der Waals surface area (Å²) in [6, 6.07) is 0. The van der Waals surface area contributed by atoms with E-state index in [1.54, 1.807) is 11.9 Å². The number of likely N-dealkylation sites (N-methyl/N-ethyl adjacent to an activating group) is 1. The summed E-state index contributed by atoms with van der Waals surface area (Å²) in [5.41, 5.74) is 5.79. The lowest BCUT2D eigenvalue weighted by atomic mass is 10.4. The van der Waals surface area contributed by atoms with Gasteiger partial charge in [0.15, 0.2) is 0 Å². The highest BCUT2D eigenvalue weighted by atomic mass is 16.2. The second-order valence-electron chi connectivity index (χ2n) is 2.48. The van der Waals surface area contributed by atoms with Crippen LogP contribution in [0.1, 0.15) is 10.5 Å². The first-order valence-electron chi connectivity index (χ1n) is 3.69. The molecule has 0 aromatic carbocycles. The Morgan fingerprint density at radius 1 is 1.83 bits per heavy atom. The van der Waals surface area contributed by atoms with Crippen LogP contribution in [0.2, 0.25) is 0 Å². The minimum Gasteiger partial charge on any atom is -0.341 e. The Bertz CT molecular complexity index is 244. The number of aromatic nitrogens is 2. The highest BCUT2D eigenvalue weighted by molar-refractivity contribution is 5.91. The smallest absolute Gasteiger partial charge is 0.271 e. The number of carbonyl (C=O) groups is 1. The van der Waals surface area contributed by atoms with Crippen LogP contribution in [0.4, 0.5) is 0 Å². The molecule has 0 radical (unpaired) electrons. The molecule has 0 aliphatic rings. The summed E-state index contributed by atoms with van der Waals surface area (Å²) in [5.74, 6) is -0.0852. The van der Waals surface area contributed by atoms with Crippen molar-refractivity contribution in [2.75, 3.05) is 20.1 Å². The monoisotopic (exact) mass is 168 g/mol.